The monoisotopic (exact) mass is 463 g/mol. The first kappa shape index (κ1) is 23.7. The van der Waals surface area contributed by atoms with Crippen LogP contribution in [0.1, 0.15) is 50.8 Å². The molecule has 31 heavy (non-hydrogen) atoms. The Bertz CT molecular complexity index is 1000. The standard InChI is InChI=1S/C23H30ClN3O3S/c1-16(2)15-18-6-8-19(9-7-18)17(3)26-23(28)20-10-13-27(14-11-20)31(29,30)21-5-4-12-25-22(21)24/h4-9,12,16-17,20H,10-11,13-15H2,1-3H3,(H,26,28). The fraction of sp³-hybridized carbons (Fsp3) is 0.478. The molecule has 2 heterocycles. The predicted molar refractivity (Wildman–Crippen MR) is 122 cm³/mol. The predicted octanol–water partition coefficient (Wildman–Crippen LogP) is 4.21. The number of benzene rings is 1. The third-order valence-electron chi connectivity index (χ3n) is 5.65. The third-order valence-corrected chi connectivity index (χ3v) is 7.99. The number of nitrogens with zero attached hydrogens (tertiary/aromatic N) is 2. The maximum absolute atomic E-state index is 12.8. The topological polar surface area (TPSA) is 79.4 Å². The smallest absolute Gasteiger partial charge is 0.246 e. The van der Waals surface area contributed by atoms with E-state index in [0.717, 1.165) is 12.0 Å². The lowest BCUT2D eigenvalue weighted by molar-refractivity contribution is -0.126. The molecule has 2 aromatic rings. The van der Waals surface area contributed by atoms with Crippen molar-refractivity contribution < 1.29 is 13.2 Å². The molecule has 1 fully saturated rings. The summed E-state index contributed by atoms with van der Waals surface area (Å²) in [4.78, 5) is 16.6. The van der Waals surface area contributed by atoms with Gasteiger partial charge in [-0.1, -0.05) is 49.7 Å². The van der Waals surface area contributed by atoms with E-state index in [-0.39, 0.29) is 41.0 Å². The Balaban J connectivity index is 1.56. The van der Waals surface area contributed by atoms with Crippen LogP contribution in [0, 0.1) is 11.8 Å². The summed E-state index contributed by atoms with van der Waals surface area (Å²) >= 11 is 5.98. The van der Waals surface area contributed by atoms with Gasteiger partial charge >= 0.3 is 0 Å². The number of aromatic nitrogens is 1. The lowest BCUT2D eigenvalue weighted by Crippen LogP contribution is -2.43. The van der Waals surface area contributed by atoms with Crippen LogP contribution in [-0.2, 0) is 21.2 Å². The molecule has 0 aliphatic carbocycles. The summed E-state index contributed by atoms with van der Waals surface area (Å²) in [5.41, 5.74) is 2.35. The third kappa shape index (κ3) is 5.84. The molecule has 1 aromatic carbocycles. The Labute approximate surface area is 190 Å². The number of hydrogen-bond acceptors (Lipinski definition) is 4. The summed E-state index contributed by atoms with van der Waals surface area (Å²) in [5, 5.41) is 3.05. The van der Waals surface area contributed by atoms with Gasteiger partial charge in [-0.2, -0.15) is 4.31 Å². The van der Waals surface area contributed by atoms with E-state index in [2.05, 4.69) is 48.4 Å². The molecule has 1 unspecified atom stereocenters. The molecule has 0 radical (unpaired) electrons. The van der Waals surface area contributed by atoms with Gasteiger partial charge in [0, 0.05) is 25.2 Å². The average Bonchev–Trinajstić information content (AvgIpc) is 2.74. The minimum atomic E-state index is -3.71. The van der Waals surface area contributed by atoms with Crippen molar-refractivity contribution in [3.05, 3.63) is 58.9 Å². The van der Waals surface area contributed by atoms with E-state index in [1.165, 1.54) is 22.1 Å². The van der Waals surface area contributed by atoms with Crippen molar-refractivity contribution >= 4 is 27.5 Å². The van der Waals surface area contributed by atoms with Crippen molar-refractivity contribution in [3.8, 4) is 0 Å². The summed E-state index contributed by atoms with van der Waals surface area (Å²) in [5.74, 6) is 0.362. The number of nitrogens with one attached hydrogen (secondary N) is 1. The summed E-state index contributed by atoms with van der Waals surface area (Å²) in [7, 11) is -3.71. The molecule has 8 heteroatoms. The molecule has 0 saturated carbocycles. The fourth-order valence-corrected chi connectivity index (χ4v) is 5.79. The molecule has 1 N–H and O–H groups in total. The van der Waals surface area contributed by atoms with E-state index < -0.39 is 10.0 Å². The molecule has 0 spiro atoms. The minimum absolute atomic E-state index is 0.00843. The van der Waals surface area contributed by atoms with Crippen LogP contribution in [0.4, 0.5) is 0 Å². The number of piperidine rings is 1. The Hall–Kier alpha value is -1.96. The number of rotatable bonds is 7. The van der Waals surface area contributed by atoms with Crippen molar-refractivity contribution in [2.24, 2.45) is 11.8 Å². The summed E-state index contributed by atoms with van der Waals surface area (Å²) in [6, 6.07) is 11.3. The number of hydrogen-bond donors (Lipinski definition) is 1. The van der Waals surface area contributed by atoms with Crippen LogP contribution in [-0.4, -0.2) is 36.7 Å². The Morgan fingerprint density at radius 3 is 2.39 bits per heavy atom. The van der Waals surface area contributed by atoms with Gasteiger partial charge < -0.3 is 5.32 Å². The lowest BCUT2D eigenvalue weighted by Gasteiger charge is -2.31. The van der Waals surface area contributed by atoms with Gasteiger partial charge in [-0.05, 0) is 55.4 Å². The van der Waals surface area contributed by atoms with Crippen LogP contribution in [0.25, 0.3) is 0 Å². The number of amides is 1. The van der Waals surface area contributed by atoms with Crippen LogP contribution >= 0.6 is 11.6 Å². The molecule has 1 saturated heterocycles. The number of sulfonamides is 1. The molecule has 1 atom stereocenters. The van der Waals surface area contributed by atoms with Gasteiger partial charge in [-0.25, -0.2) is 13.4 Å². The Morgan fingerprint density at radius 1 is 1.16 bits per heavy atom. The van der Waals surface area contributed by atoms with Gasteiger partial charge in [0.15, 0.2) is 0 Å². The number of halogens is 1. The first-order chi connectivity index (χ1) is 14.7. The van der Waals surface area contributed by atoms with Crippen molar-refractivity contribution in [2.45, 2.75) is 51.0 Å². The molecular formula is C23H30ClN3O3S. The summed E-state index contributed by atoms with van der Waals surface area (Å²) in [6.45, 7) is 6.92. The largest absolute Gasteiger partial charge is 0.349 e. The van der Waals surface area contributed by atoms with E-state index in [4.69, 9.17) is 11.6 Å². The van der Waals surface area contributed by atoms with Crippen LogP contribution in [0.5, 0.6) is 0 Å². The van der Waals surface area contributed by atoms with Gasteiger partial charge in [0.1, 0.15) is 10.0 Å². The molecule has 1 amide bonds. The quantitative estimate of drug-likeness (QED) is 0.623. The van der Waals surface area contributed by atoms with E-state index in [9.17, 15) is 13.2 Å². The molecular weight excluding hydrogens is 434 g/mol. The number of carbonyl (C=O) groups excluding carboxylic acids is 1. The van der Waals surface area contributed by atoms with Gasteiger partial charge in [0.25, 0.3) is 0 Å². The highest BCUT2D eigenvalue weighted by Crippen LogP contribution is 2.27. The van der Waals surface area contributed by atoms with Crippen LogP contribution < -0.4 is 5.32 Å². The maximum Gasteiger partial charge on any atom is 0.246 e. The Morgan fingerprint density at radius 2 is 1.81 bits per heavy atom. The van der Waals surface area contributed by atoms with Gasteiger partial charge in [-0.3, -0.25) is 4.79 Å². The molecule has 1 aromatic heterocycles. The molecule has 6 nitrogen and oxygen atoms in total. The van der Waals surface area contributed by atoms with Gasteiger partial charge in [0.2, 0.25) is 15.9 Å². The van der Waals surface area contributed by atoms with Gasteiger partial charge in [0.05, 0.1) is 6.04 Å². The second-order valence-electron chi connectivity index (χ2n) is 8.54. The molecule has 1 aliphatic heterocycles. The van der Waals surface area contributed by atoms with Crippen LogP contribution in [0.3, 0.4) is 0 Å². The van der Waals surface area contributed by atoms with E-state index in [0.29, 0.717) is 18.8 Å². The molecule has 0 bridgehead atoms. The van der Waals surface area contributed by atoms with Crippen LogP contribution in [0.2, 0.25) is 5.15 Å². The molecule has 3 rings (SSSR count). The zero-order valence-corrected chi connectivity index (χ0v) is 19.8. The van der Waals surface area contributed by atoms with Crippen molar-refractivity contribution in [1.29, 1.82) is 0 Å². The van der Waals surface area contributed by atoms with E-state index in [1.54, 1.807) is 6.07 Å². The van der Waals surface area contributed by atoms with E-state index >= 15 is 0 Å². The van der Waals surface area contributed by atoms with E-state index in [1.807, 2.05) is 6.92 Å². The van der Waals surface area contributed by atoms with Crippen molar-refractivity contribution in [3.63, 3.8) is 0 Å². The highest BCUT2D eigenvalue weighted by atomic mass is 35.5. The maximum atomic E-state index is 12.8. The second-order valence-corrected chi connectivity index (χ2v) is 10.8. The average molecular weight is 464 g/mol. The van der Waals surface area contributed by atoms with Crippen molar-refractivity contribution in [2.75, 3.05) is 13.1 Å². The molecule has 168 valence electrons. The normalized spacial score (nSPS) is 16.9. The zero-order valence-electron chi connectivity index (χ0n) is 18.2. The number of pyridine rings is 1. The number of carbonyl (C=O) groups is 1. The first-order valence-electron chi connectivity index (χ1n) is 10.7. The lowest BCUT2D eigenvalue weighted by atomic mass is 9.96. The second kappa shape index (κ2) is 10.1. The highest BCUT2D eigenvalue weighted by molar-refractivity contribution is 7.89. The highest BCUT2D eigenvalue weighted by Gasteiger charge is 2.33. The summed E-state index contributed by atoms with van der Waals surface area (Å²) in [6.07, 6.45) is 3.44. The SMILES string of the molecule is CC(C)Cc1ccc(C(C)NC(=O)C2CCN(S(=O)(=O)c3cccnc3Cl)CC2)cc1. The molecule has 1 aliphatic rings. The first-order valence-corrected chi connectivity index (χ1v) is 12.5. The Kier molecular flexibility index (Phi) is 7.73. The summed E-state index contributed by atoms with van der Waals surface area (Å²) < 4.78 is 27.1. The van der Waals surface area contributed by atoms with Crippen LogP contribution in [0.15, 0.2) is 47.5 Å². The van der Waals surface area contributed by atoms with Gasteiger partial charge in [-0.15, -0.1) is 0 Å². The fourth-order valence-electron chi connectivity index (χ4n) is 3.89. The minimum Gasteiger partial charge on any atom is -0.349 e. The zero-order chi connectivity index (χ0) is 22.6. The van der Waals surface area contributed by atoms with Crippen molar-refractivity contribution in [1.82, 2.24) is 14.6 Å².